The molecule has 2 aromatic heterocycles. The molecule has 4 aliphatic heterocycles. The fourth-order valence-corrected chi connectivity index (χ4v) is 10.6. The molecule has 0 saturated carbocycles. The first-order valence-corrected chi connectivity index (χ1v) is 30.2. The average molecular weight is 1210 g/mol. The zero-order valence-electron chi connectivity index (χ0n) is 47.3. The third kappa shape index (κ3) is 24.1. The average Bonchev–Trinajstić information content (AvgIpc) is 4.27. The van der Waals surface area contributed by atoms with E-state index in [1.807, 2.05) is 65.6 Å². The number of nitrogens with one attached hydrogen (secondary N) is 5. The van der Waals surface area contributed by atoms with Gasteiger partial charge in [-0.2, -0.15) is 0 Å². The maximum absolute atomic E-state index is 13.1. The van der Waals surface area contributed by atoms with Crippen LogP contribution in [0.4, 0.5) is 15.4 Å². The van der Waals surface area contributed by atoms with E-state index in [4.69, 9.17) is 59.5 Å². The first kappa shape index (κ1) is 65.9. The number of benzene rings is 2. The lowest BCUT2D eigenvalue weighted by Crippen LogP contribution is -2.43. The zero-order chi connectivity index (χ0) is 59.0. The molecule has 2 unspecified atom stereocenters. The van der Waals surface area contributed by atoms with E-state index in [-0.39, 0.29) is 70.9 Å². The molecule has 4 saturated heterocycles. The second kappa shape index (κ2) is 37.1. The number of pyridine rings is 2. The number of likely N-dealkylation sites (tertiary alicyclic amines) is 2. The van der Waals surface area contributed by atoms with Crippen LogP contribution in [0.5, 0.6) is 0 Å². The number of anilines is 1. The molecule has 0 radical (unpaired) electrons. The quantitative estimate of drug-likeness (QED) is 0.0282. The minimum atomic E-state index is -0.511. The van der Waals surface area contributed by atoms with Crippen LogP contribution < -0.4 is 32.3 Å². The number of halogens is 3. The molecular weight excluding hydrogens is 1130 g/mol. The van der Waals surface area contributed by atoms with Crippen molar-refractivity contribution in [3.05, 3.63) is 123 Å². The number of hydrogen-bond donors (Lipinski definition) is 6. The van der Waals surface area contributed by atoms with Gasteiger partial charge in [-0.1, -0.05) is 95.5 Å². The summed E-state index contributed by atoms with van der Waals surface area (Å²) in [6.07, 6.45) is 13.7. The van der Waals surface area contributed by atoms with Crippen LogP contribution in [-0.4, -0.2) is 145 Å². The van der Waals surface area contributed by atoms with E-state index in [1.165, 1.54) is 37.8 Å². The molecule has 0 spiro atoms. The lowest BCUT2D eigenvalue weighted by Gasteiger charge is -2.25. The van der Waals surface area contributed by atoms with Crippen molar-refractivity contribution in [1.82, 2.24) is 41.0 Å². The van der Waals surface area contributed by atoms with Crippen molar-refractivity contribution in [2.24, 2.45) is 5.73 Å². The summed E-state index contributed by atoms with van der Waals surface area (Å²) in [7, 11) is 0. The smallest absolute Gasteiger partial charge is 0.407 e. The zero-order valence-corrected chi connectivity index (χ0v) is 49.5. The number of carbonyl (C=O) groups is 6. The number of amides is 6. The van der Waals surface area contributed by atoms with E-state index in [0.29, 0.717) is 94.1 Å². The van der Waals surface area contributed by atoms with Gasteiger partial charge in [0.05, 0.1) is 23.3 Å². The Labute approximate surface area is 502 Å². The Morgan fingerprint density at radius 2 is 1.04 bits per heavy atom. The molecule has 4 fully saturated rings. The van der Waals surface area contributed by atoms with E-state index in [2.05, 4.69) is 36.6 Å². The summed E-state index contributed by atoms with van der Waals surface area (Å²) in [6.45, 7) is 6.22. The number of aromatic nitrogens is 2. The van der Waals surface area contributed by atoms with Crippen molar-refractivity contribution < 1.29 is 47.7 Å². The Bertz CT molecular complexity index is 2630. The molecule has 4 aromatic rings. The minimum Gasteiger partial charge on any atom is -0.445 e. The summed E-state index contributed by atoms with van der Waals surface area (Å²) in [5.41, 5.74) is 7.85. The molecule has 0 aliphatic carbocycles. The van der Waals surface area contributed by atoms with E-state index in [0.717, 1.165) is 82.3 Å². The third-order valence-electron chi connectivity index (χ3n) is 14.5. The van der Waals surface area contributed by atoms with Gasteiger partial charge in [0.15, 0.2) is 0 Å². The molecule has 8 rings (SSSR count). The van der Waals surface area contributed by atoms with Crippen LogP contribution in [0.15, 0.2) is 84.9 Å². The van der Waals surface area contributed by atoms with Gasteiger partial charge >= 0.3 is 12.2 Å². The Kier molecular flexibility index (Phi) is 29.4. The fraction of sp³-hybridized carbons (Fsp3) is 0.533. The van der Waals surface area contributed by atoms with Crippen molar-refractivity contribution in [3.63, 3.8) is 0 Å². The fourth-order valence-electron chi connectivity index (χ4n) is 10.0. The predicted molar refractivity (Wildman–Crippen MR) is 319 cm³/mol. The van der Waals surface area contributed by atoms with Crippen LogP contribution in [-0.2, 0) is 41.8 Å². The summed E-state index contributed by atoms with van der Waals surface area (Å²) < 4.78 is 21.6. The number of nitrogens with two attached hydrogens (primary N) is 1. The summed E-state index contributed by atoms with van der Waals surface area (Å²) >= 11 is 17.9. The molecular formula is C60H81Cl3N10O10. The van der Waals surface area contributed by atoms with Gasteiger partial charge in [0.2, 0.25) is 11.8 Å². The Hall–Kier alpha value is -6.29. The topological polar surface area (TPSA) is 258 Å². The second-order valence-electron chi connectivity index (χ2n) is 20.6. The van der Waals surface area contributed by atoms with Gasteiger partial charge in [0, 0.05) is 84.0 Å². The van der Waals surface area contributed by atoms with Crippen molar-refractivity contribution in [1.29, 1.82) is 0 Å². The monoisotopic (exact) mass is 1210 g/mol. The van der Waals surface area contributed by atoms with Crippen molar-refractivity contribution in [2.45, 2.75) is 140 Å². The highest BCUT2D eigenvalue weighted by Crippen LogP contribution is 2.23. The standard InChI is InChI=1S/C30H40ClN5O5.C23H26Cl2N4O4.C7H15NO/c31-26-14-13-25(28(35-26)32-17-15-24-11-4-5-19-40-24)29(38)34-20-23-10-7-18-36(23)27(37)12-6-16-33-30(39)41-21-22-8-2-1-3-9-22;24-19-11-10-18(21(25)28-19)22(31)27-14-17-8-5-13-29(17)20(30)9-4-12-26-23(32)33-15-16-6-2-1-3-7-16;8-5-4-7-3-1-2-6-9-7/h1-3,8-9,13-14,23-24H,4-7,10-12,15-21H2,(H,32,35)(H,33,39)(H,34,38);1-3,6-7,10-11,17H,4-5,8-9,12-15H2,(H,26,32)(H,27,31);7H,1-6,8H2/t23-,24?;17-;/m11./s1. The Balaban J connectivity index is 0.000000235. The molecule has 452 valence electrons. The summed E-state index contributed by atoms with van der Waals surface area (Å²) in [5.74, 6) is -0.163. The lowest BCUT2D eigenvalue weighted by atomic mass is 10.1. The van der Waals surface area contributed by atoms with Gasteiger partial charge in [0.1, 0.15) is 34.5 Å². The SMILES string of the molecule is NCCC1CCCCO1.O=C(NCCCC(=O)N1CCC[C@@H]1CNC(=O)c1ccc(Cl)nc1Cl)OCc1ccccc1.O=C(NCCCC(=O)N1CCC[C@@H]1CNC(=O)c1ccc(Cl)nc1NCCC1CCCCO1)OCc1ccccc1. The maximum Gasteiger partial charge on any atom is 0.407 e. The van der Waals surface area contributed by atoms with Crippen molar-refractivity contribution in [3.8, 4) is 0 Å². The van der Waals surface area contributed by atoms with E-state index in [1.54, 1.807) is 17.0 Å². The van der Waals surface area contributed by atoms with Gasteiger partial charge in [-0.15, -0.1) is 0 Å². The van der Waals surface area contributed by atoms with Gasteiger partial charge in [0.25, 0.3) is 11.8 Å². The van der Waals surface area contributed by atoms with Crippen molar-refractivity contribution >= 4 is 76.4 Å². The van der Waals surface area contributed by atoms with Gasteiger partial charge < -0.3 is 61.1 Å². The molecule has 83 heavy (non-hydrogen) atoms. The molecule has 6 amide bonds. The molecule has 2 aromatic carbocycles. The summed E-state index contributed by atoms with van der Waals surface area (Å²) in [6, 6.07) is 25.0. The third-order valence-corrected chi connectivity index (χ3v) is 15.2. The predicted octanol–water partition coefficient (Wildman–Crippen LogP) is 9.25. The molecule has 6 heterocycles. The Morgan fingerprint density at radius 1 is 0.554 bits per heavy atom. The normalized spacial score (nSPS) is 18.3. The summed E-state index contributed by atoms with van der Waals surface area (Å²) in [4.78, 5) is 86.5. The molecule has 7 N–H and O–H groups in total. The molecule has 4 aliphatic rings. The van der Waals surface area contributed by atoms with Crippen LogP contribution in [0.3, 0.4) is 0 Å². The summed E-state index contributed by atoms with van der Waals surface area (Å²) in [5, 5.41) is 15.0. The highest BCUT2D eigenvalue weighted by molar-refractivity contribution is 6.34. The number of ether oxygens (including phenoxy) is 4. The van der Waals surface area contributed by atoms with Crippen LogP contribution in [0, 0.1) is 0 Å². The van der Waals surface area contributed by atoms with Gasteiger partial charge in [-0.3, -0.25) is 19.2 Å². The first-order chi connectivity index (χ1) is 40.4. The number of rotatable bonds is 24. The van der Waals surface area contributed by atoms with Crippen LogP contribution in [0.25, 0.3) is 0 Å². The second-order valence-corrected chi connectivity index (χ2v) is 21.8. The number of alkyl carbamates (subject to hydrolysis) is 2. The molecule has 0 bridgehead atoms. The minimum absolute atomic E-state index is 0.00241. The number of hydrogen-bond acceptors (Lipinski definition) is 14. The van der Waals surface area contributed by atoms with E-state index in [9.17, 15) is 28.8 Å². The van der Waals surface area contributed by atoms with Crippen LogP contribution >= 0.6 is 34.8 Å². The first-order valence-electron chi connectivity index (χ1n) is 29.1. The Morgan fingerprint density at radius 3 is 1.52 bits per heavy atom. The van der Waals surface area contributed by atoms with E-state index < -0.39 is 12.2 Å². The maximum atomic E-state index is 13.1. The number of nitrogens with zero attached hydrogens (tertiary/aromatic N) is 4. The molecule has 20 nitrogen and oxygen atoms in total. The molecule has 4 atom stereocenters. The number of carbonyl (C=O) groups excluding carboxylic acids is 6. The highest BCUT2D eigenvalue weighted by atomic mass is 35.5. The lowest BCUT2D eigenvalue weighted by molar-refractivity contribution is -0.132. The van der Waals surface area contributed by atoms with E-state index >= 15 is 0 Å². The molecule has 23 heteroatoms. The van der Waals surface area contributed by atoms with Crippen LogP contribution in [0.1, 0.15) is 135 Å². The highest BCUT2D eigenvalue weighted by Gasteiger charge is 2.31. The van der Waals surface area contributed by atoms with Crippen LogP contribution in [0.2, 0.25) is 15.5 Å². The largest absolute Gasteiger partial charge is 0.445 e. The van der Waals surface area contributed by atoms with Crippen molar-refractivity contribution in [2.75, 3.05) is 70.9 Å². The van der Waals surface area contributed by atoms with Gasteiger partial charge in [-0.25, -0.2) is 19.6 Å². The van der Waals surface area contributed by atoms with Gasteiger partial charge in [-0.05, 0) is 132 Å².